The molecule has 0 saturated heterocycles. The van der Waals surface area contributed by atoms with Gasteiger partial charge in [0, 0.05) is 16.9 Å². The number of anilines is 1. The van der Waals surface area contributed by atoms with E-state index in [2.05, 4.69) is 24.1 Å². The summed E-state index contributed by atoms with van der Waals surface area (Å²) in [6.07, 6.45) is -0.444. The second-order valence-electron chi connectivity index (χ2n) is 5.19. The molecule has 104 valence electrons. The molecule has 1 aliphatic heterocycles. The van der Waals surface area contributed by atoms with Gasteiger partial charge >= 0.3 is 0 Å². The molecule has 5 heteroatoms. The fraction of sp³-hybridized carbons (Fsp3) is 0.333. The van der Waals surface area contributed by atoms with Gasteiger partial charge in [0.15, 0.2) is 6.10 Å². The van der Waals surface area contributed by atoms with Gasteiger partial charge in [-0.25, -0.2) is 4.98 Å². The summed E-state index contributed by atoms with van der Waals surface area (Å²) in [6, 6.07) is 5.77. The van der Waals surface area contributed by atoms with Crippen LogP contribution in [0.15, 0.2) is 23.6 Å². The Kier molecular flexibility index (Phi) is 3.22. The molecule has 1 unspecified atom stereocenters. The van der Waals surface area contributed by atoms with Crippen molar-refractivity contribution in [2.24, 2.45) is 0 Å². The smallest absolute Gasteiger partial charge is 0.265 e. The van der Waals surface area contributed by atoms with Crippen molar-refractivity contribution < 1.29 is 9.53 Å². The van der Waals surface area contributed by atoms with Gasteiger partial charge < -0.3 is 10.1 Å². The summed E-state index contributed by atoms with van der Waals surface area (Å²) in [5.74, 6) is 1.02. The number of benzene rings is 1. The average Bonchev–Trinajstić information content (AvgIpc) is 2.89. The quantitative estimate of drug-likeness (QED) is 0.917. The summed E-state index contributed by atoms with van der Waals surface area (Å²) in [4.78, 5) is 16.3. The Balaban J connectivity index is 1.95. The topological polar surface area (TPSA) is 51.2 Å². The van der Waals surface area contributed by atoms with E-state index in [1.165, 1.54) is 0 Å². The molecule has 4 nitrogen and oxygen atoms in total. The molecule has 0 aliphatic carbocycles. The highest BCUT2D eigenvalue weighted by atomic mass is 32.1. The summed E-state index contributed by atoms with van der Waals surface area (Å²) >= 11 is 1.66. The molecule has 2 aromatic rings. The Hall–Kier alpha value is -1.88. The number of ether oxygens (including phenoxy) is 1. The third-order valence-electron chi connectivity index (χ3n) is 3.22. The summed E-state index contributed by atoms with van der Waals surface area (Å²) in [6.45, 7) is 6.00. The van der Waals surface area contributed by atoms with Crippen LogP contribution in [0.4, 0.5) is 5.69 Å². The van der Waals surface area contributed by atoms with E-state index in [0.29, 0.717) is 17.4 Å². The minimum absolute atomic E-state index is 0.115. The minimum atomic E-state index is -0.444. The number of hydrogen-bond donors (Lipinski definition) is 1. The van der Waals surface area contributed by atoms with Crippen molar-refractivity contribution in [1.82, 2.24) is 4.98 Å². The highest BCUT2D eigenvalue weighted by Crippen LogP contribution is 2.34. The maximum absolute atomic E-state index is 11.6. The van der Waals surface area contributed by atoms with Gasteiger partial charge in [0.25, 0.3) is 5.91 Å². The molecule has 0 fully saturated rings. The van der Waals surface area contributed by atoms with Crippen LogP contribution in [-0.4, -0.2) is 17.0 Å². The molecule has 0 spiro atoms. The monoisotopic (exact) mass is 288 g/mol. The molecule has 0 bridgehead atoms. The second-order valence-corrected chi connectivity index (χ2v) is 6.08. The van der Waals surface area contributed by atoms with Gasteiger partial charge in [-0.3, -0.25) is 4.79 Å². The Morgan fingerprint density at radius 3 is 2.90 bits per heavy atom. The lowest BCUT2D eigenvalue weighted by atomic mass is 10.1. The van der Waals surface area contributed by atoms with E-state index in [1.54, 1.807) is 18.3 Å². The van der Waals surface area contributed by atoms with Crippen LogP contribution in [0.3, 0.4) is 0 Å². The zero-order valence-corrected chi connectivity index (χ0v) is 12.5. The van der Waals surface area contributed by atoms with Crippen molar-refractivity contribution in [2.75, 3.05) is 5.32 Å². The second kappa shape index (κ2) is 4.90. The lowest BCUT2D eigenvalue weighted by molar-refractivity contribution is -0.122. The van der Waals surface area contributed by atoms with Gasteiger partial charge in [-0.15, -0.1) is 11.3 Å². The van der Waals surface area contributed by atoms with Crippen LogP contribution >= 0.6 is 11.3 Å². The first-order chi connectivity index (χ1) is 9.54. The van der Waals surface area contributed by atoms with Gasteiger partial charge in [-0.1, -0.05) is 13.8 Å². The van der Waals surface area contributed by atoms with Crippen LogP contribution in [0.25, 0.3) is 11.3 Å². The lowest BCUT2D eigenvalue weighted by Crippen LogP contribution is -2.34. The molecular formula is C15H16N2O2S. The standard InChI is InChI=1S/C15H16N2O2S/c1-8(2)15-17-12(7-20-15)10-4-5-13-11(6-10)16-14(18)9(3)19-13/h4-9H,1-3H3,(H,16,18). The fourth-order valence-electron chi connectivity index (χ4n) is 2.05. The van der Waals surface area contributed by atoms with Crippen LogP contribution in [0.5, 0.6) is 5.75 Å². The van der Waals surface area contributed by atoms with Crippen LogP contribution in [-0.2, 0) is 4.79 Å². The first-order valence-corrected chi connectivity index (χ1v) is 7.50. The highest BCUT2D eigenvalue weighted by molar-refractivity contribution is 7.10. The maximum Gasteiger partial charge on any atom is 0.265 e. The maximum atomic E-state index is 11.6. The van der Waals surface area contributed by atoms with E-state index in [-0.39, 0.29) is 5.91 Å². The molecule has 0 radical (unpaired) electrons. The lowest BCUT2D eigenvalue weighted by Gasteiger charge is -2.23. The molecule has 1 atom stereocenters. The summed E-state index contributed by atoms with van der Waals surface area (Å²) < 4.78 is 5.55. The Bertz CT molecular complexity index is 664. The van der Waals surface area contributed by atoms with E-state index in [0.717, 1.165) is 16.3 Å². The molecule has 1 N–H and O–H groups in total. The number of amides is 1. The van der Waals surface area contributed by atoms with Gasteiger partial charge in [0.1, 0.15) is 5.75 Å². The van der Waals surface area contributed by atoms with Gasteiger partial charge in [-0.2, -0.15) is 0 Å². The molecule has 0 saturated carbocycles. The third kappa shape index (κ3) is 2.29. The molecule has 1 amide bonds. The van der Waals surface area contributed by atoms with Gasteiger partial charge in [-0.05, 0) is 25.1 Å². The molecule has 2 heterocycles. The fourth-order valence-corrected chi connectivity index (χ4v) is 2.90. The molecule has 20 heavy (non-hydrogen) atoms. The van der Waals surface area contributed by atoms with Crippen molar-refractivity contribution in [3.63, 3.8) is 0 Å². The Labute approximate surface area is 121 Å². The zero-order chi connectivity index (χ0) is 14.3. The first-order valence-electron chi connectivity index (χ1n) is 6.62. The van der Waals surface area contributed by atoms with Crippen molar-refractivity contribution in [1.29, 1.82) is 0 Å². The van der Waals surface area contributed by atoms with Gasteiger partial charge in [0.2, 0.25) is 0 Å². The summed E-state index contributed by atoms with van der Waals surface area (Å²) in [5, 5.41) is 6.03. The van der Waals surface area contributed by atoms with E-state index in [9.17, 15) is 4.79 Å². The van der Waals surface area contributed by atoms with E-state index >= 15 is 0 Å². The summed E-state index contributed by atoms with van der Waals surface area (Å²) in [5.41, 5.74) is 2.64. The Morgan fingerprint density at radius 2 is 2.20 bits per heavy atom. The molecule has 1 aromatic heterocycles. The Morgan fingerprint density at radius 1 is 1.40 bits per heavy atom. The number of carbonyl (C=O) groups excluding carboxylic acids is 1. The number of nitrogens with zero attached hydrogens (tertiary/aromatic N) is 1. The number of thiazole rings is 1. The predicted octanol–water partition coefficient (Wildman–Crippen LogP) is 3.65. The van der Waals surface area contributed by atoms with Crippen LogP contribution in [0.2, 0.25) is 0 Å². The average molecular weight is 288 g/mol. The molecule has 1 aliphatic rings. The van der Waals surface area contributed by atoms with E-state index in [4.69, 9.17) is 4.74 Å². The summed E-state index contributed by atoms with van der Waals surface area (Å²) in [7, 11) is 0. The number of fused-ring (bicyclic) bond motifs is 1. The zero-order valence-electron chi connectivity index (χ0n) is 11.6. The molecule has 3 rings (SSSR count). The normalized spacial score (nSPS) is 17.6. The van der Waals surface area contributed by atoms with Crippen molar-refractivity contribution in [2.45, 2.75) is 32.8 Å². The van der Waals surface area contributed by atoms with Gasteiger partial charge in [0.05, 0.1) is 16.4 Å². The number of nitrogens with one attached hydrogen (secondary N) is 1. The number of aromatic nitrogens is 1. The number of rotatable bonds is 2. The molecular weight excluding hydrogens is 272 g/mol. The number of carbonyl (C=O) groups is 1. The van der Waals surface area contributed by atoms with Crippen LogP contribution in [0, 0.1) is 0 Å². The number of hydrogen-bond acceptors (Lipinski definition) is 4. The van der Waals surface area contributed by atoms with Crippen LogP contribution in [0.1, 0.15) is 31.7 Å². The minimum Gasteiger partial charge on any atom is -0.479 e. The van der Waals surface area contributed by atoms with Crippen molar-refractivity contribution >= 4 is 22.9 Å². The van der Waals surface area contributed by atoms with E-state index < -0.39 is 6.10 Å². The predicted molar refractivity (Wildman–Crippen MR) is 80.4 cm³/mol. The van der Waals surface area contributed by atoms with Crippen LogP contribution < -0.4 is 10.1 Å². The highest BCUT2D eigenvalue weighted by Gasteiger charge is 2.23. The van der Waals surface area contributed by atoms with E-state index in [1.807, 2.05) is 23.6 Å². The largest absolute Gasteiger partial charge is 0.479 e. The molecule has 1 aromatic carbocycles. The van der Waals surface area contributed by atoms with Crippen molar-refractivity contribution in [3.8, 4) is 17.0 Å². The third-order valence-corrected chi connectivity index (χ3v) is 4.37. The SMILES string of the molecule is CC1Oc2ccc(-c3csc(C(C)C)n3)cc2NC1=O. The first kappa shape index (κ1) is 13.1. The van der Waals surface area contributed by atoms with Crippen molar-refractivity contribution in [3.05, 3.63) is 28.6 Å².